The smallest absolute Gasteiger partial charge is 0.220 e. The third kappa shape index (κ3) is 4.59. The van der Waals surface area contributed by atoms with Gasteiger partial charge in [0.25, 0.3) is 0 Å². The van der Waals surface area contributed by atoms with Crippen LogP contribution in [0.4, 0.5) is 0 Å². The molecule has 0 saturated carbocycles. The number of carbonyl (C=O) groups excluding carboxylic acids is 1. The highest BCUT2D eigenvalue weighted by Gasteiger charge is 2.05. The normalized spacial score (nSPS) is 10.8. The molecule has 1 aromatic carbocycles. The van der Waals surface area contributed by atoms with Crippen molar-refractivity contribution in [2.45, 2.75) is 33.2 Å². The van der Waals surface area contributed by atoms with E-state index in [1.807, 2.05) is 43.1 Å². The third-order valence-electron chi connectivity index (χ3n) is 4.19. The zero-order valence-corrected chi connectivity index (χ0v) is 14.8. The largest absolute Gasteiger partial charge is 0.354 e. The first-order valence-electron chi connectivity index (χ1n) is 8.62. The molecule has 1 N–H and O–H groups in total. The molecular weight excluding hydrogens is 312 g/mol. The number of nitrogens with one attached hydrogen (secondary N) is 1. The number of hydrogen-bond donors (Lipinski definition) is 1. The molecule has 0 aliphatic heterocycles. The summed E-state index contributed by atoms with van der Waals surface area (Å²) in [4.78, 5) is 11.9. The van der Waals surface area contributed by atoms with Crippen molar-refractivity contribution in [3.63, 3.8) is 0 Å². The van der Waals surface area contributed by atoms with E-state index < -0.39 is 0 Å². The molecule has 0 unspecified atom stereocenters. The second kappa shape index (κ2) is 7.83. The van der Waals surface area contributed by atoms with Crippen molar-refractivity contribution in [1.29, 1.82) is 0 Å². The van der Waals surface area contributed by atoms with Crippen molar-refractivity contribution in [2.75, 3.05) is 6.54 Å². The Balaban J connectivity index is 1.46. The number of hydrogen-bond acceptors (Lipinski definition) is 2. The van der Waals surface area contributed by atoms with Crippen LogP contribution in [0.2, 0.25) is 0 Å². The Hall–Kier alpha value is -2.82. The van der Waals surface area contributed by atoms with Gasteiger partial charge < -0.3 is 9.88 Å². The molecule has 5 heteroatoms. The SMILES string of the molecule is Cc1cc(C)n(-c2ccc(CCC(=O)NCCn3cccc3)cc2)n1. The molecule has 3 aromatic rings. The second-order valence-corrected chi connectivity index (χ2v) is 6.28. The molecule has 0 bridgehead atoms. The summed E-state index contributed by atoms with van der Waals surface area (Å²) < 4.78 is 3.99. The van der Waals surface area contributed by atoms with Gasteiger partial charge in [0.1, 0.15) is 0 Å². The Kier molecular flexibility index (Phi) is 5.33. The minimum Gasteiger partial charge on any atom is -0.354 e. The second-order valence-electron chi connectivity index (χ2n) is 6.28. The van der Waals surface area contributed by atoms with Gasteiger partial charge in [0.15, 0.2) is 0 Å². The molecule has 0 saturated heterocycles. The predicted molar refractivity (Wildman–Crippen MR) is 98.8 cm³/mol. The Bertz CT molecular complexity index is 816. The Morgan fingerprint density at radius 1 is 1.12 bits per heavy atom. The number of carbonyl (C=O) groups is 1. The topological polar surface area (TPSA) is 51.9 Å². The molecule has 130 valence electrons. The zero-order valence-electron chi connectivity index (χ0n) is 14.8. The average Bonchev–Trinajstić information content (AvgIpc) is 3.23. The van der Waals surface area contributed by atoms with Crippen LogP contribution in [0.25, 0.3) is 5.69 Å². The molecule has 0 atom stereocenters. The summed E-state index contributed by atoms with van der Waals surface area (Å²) in [7, 11) is 0. The molecule has 5 nitrogen and oxygen atoms in total. The van der Waals surface area contributed by atoms with Crippen molar-refractivity contribution >= 4 is 5.91 Å². The van der Waals surface area contributed by atoms with Gasteiger partial charge in [-0.1, -0.05) is 12.1 Å². The number of amides is 1. The molecule has 1 amide bonds. The van der Waals surface area contributed by atoms with Crippen molar-refractivity contribution in [3.05, 3.63) is 71.8 Å². The van der Waals surface area contributed by atoms with E-state index >= 15 is 0 Å². The fourth-order valence-electron chi connectivity index (χ4n) is 2.88. The quantitative estimate of drug-likeness (QED) is 0.721. The zero-order chi connectivity index (χ0) is 17.6. The number of rotatable bonds is 7. The van der Waals surface area contributed by atoms with E-state index in [4.69, 9.17) is 0 Å². The summed E-state index contributed by atoms with van der Waals surface area (Å²) in [6.07, 6.45) is 5.24. The first-order valence-corrected chi connectivity index (χ1v) is 8.62. The minimum atomic E-state index is 0.0924. The van der Waals surface area contributed by atoms with E-state index in [1.54, 1.807) is 0 Å². The predicted octanol–water partition coefficient (Wildman–Crippen LogP) is 3.04. The van der Waals surface area contributed by atoms with Crippen LogP contribution in [0.3, 0.4) is 0 Å². The van der Waals surface area contributed by atoms with Crippen molar-refractivity contribution in [1.82, 2.24) is 19.7 Å². The lowest BCUT2D eigenvalue weighted by molar-refractivity contribution is -0.121. The molecule has 2 heterocycles. The van der Waals surface area contributed by atoms with E-state index in [0.717, 1.165) is 35.6 Å². The van der Waals surface area contributed by atoms with Crippen LogP contribution in [0.5, 0.6) is 0 Å². The monoisotopic (exact) mass is 336 g/mol. The van der Waals surface area contributed by atoms with Crippen molar-refractivity contribution in [2.24, 2.45) is 0 Å². The summed E-state index contributed by atoms with van der Waals surface area (Å²) >= 11 is 0. The molecule has 25 heavy (non-hydrogen) atoms. The van der Waals surface area contributed by atoms with Crippen molar-refractivity contribution < 1.29 is 4.79 Å². The maximum absolute atomic E-state index is 11.9. The third-order valence-corrected chi connectivity index (χ3v) is 4.19. The van der Waals surface area contributed by atoms with Crippen LogP contribution in [-0.4, -0.2) is 26.8 Å². The first-order chi connectivity index (χ1) is 12.1. The van der Waals surface area contributed by atoms with Gasteiger partial charge in [-0.2, -0.15) is 5.10 Å². The van der Waals surface area contributed by atoms with Crippen LogP contribution in [0.1, 0.15) is 23.4 Å². The van der Waals surface area contributed by atoms with Crippen LogP contribution >= 0.6 is 0 Å². The summed E-state index contributed by atoms with van der Waals surface area (Å²) in [5, 5.41) is 7.45. The van der Waals surface area contributed by atoms with Gasteiger partial charge in [-0.05, 0) is 56.2 Å². The van der Waals surface area contributed by atoms with Gasteiger partial charge >= 0.3 is 0 Å². The van der Waals surface area contributed by atoms with Gasteiger partial charge in [-0.25, -0.2) is 4.68 Å². The highest BCUT2D eigenvalue weighted by Crippen LogP contribution is 2.14. The van der Waals surface area contributed by atoms with Gasteiger partial charge in [-0.15, -0.1) is 0 Å². The standard InChI is InChI=1S/C20H24N4O/c1-16-15-17(2)24(22-16)19-8-5-18(6-9-19)7-10-20(25)21-11-14-23-12-3-4-13-23/h3-6,8-9,12-13,15H,7,10-11,14H2,1-2H3,(H,21,25). The number of nitrogens with zero attached hydrogens (tertiary/aromatic N) is 3. The molecule has 0 radical (unpaired) electrons. The van der Waals surface area contributed by atoms with Crippen LogP contribution < -0.4 is 5.32 Å². The molecule has 0 aliphatic carbocycles. The first kappa shape index (κ1) is 17.0. The summed E-state index contributed by atoms with van der Waals surface area (Å²) in [6.45, 7) is 5.50. The maximum atomic E-state index is 11.9. The molecule has 0 spiro atoms. The number of aryl methyl sites for hydroxylation is 3. The van der Waals surface area contributed by atoms with E-state index in [9.17, 15) is 4.79 Å². The molecular formula is C20H24N4O. The van der Waals surface area contributed by atoms with E-state index in [-0.39, 0.29) is 5.91 Å². The lowest BCUT2D eigenvalue weighted by atomic mass is 10.1. The Morgan fingerprint density at radius 3 is 2.48 bits per heavy atom. The fraction of sp³-hybridized carbons (Fsp3) is 0.300. The molecule has 0 aliphatic rings. The van der Waals surface area contributed by atoms with Crippen LogP contribution in [-0.2, 0) is 17.8 Å². The minimum absolute atomic E-state index is 0.0924. The van der Waals surface area contributed by atoms with Gasteiger partial charge in [-0.3, -0.25) is 4.79 Å². The summed E-state index contributed by atoms with van der Waals surface area (Å²) in [5.41, 5.74) is 4.34. The van der Waals surface area contributed by atoms with Crippen LogP contribution in [0, 0.1) is 13.8 Å². The van der Waals surface area contributed by atoms with Crippen LogP contribution in [0.15, 0.2) is 54.9 Å². The average molecular weight is 336 g/mol. The van der Waals surface area contributed by atoms with Gasteiger partial charge in [0, 0.05) is 37.6 Å². The summed E-state index contributed by atoms with van der Waals surface area (Å²) in [5.74, 6) is 0.0924. The molecule has 2 aromatic heterocycles. The van der Waals surface area contributed by atoms with Gasteiger partial charge in [0.2, 0.25) is 5.91 Å². The highest BCUT2D eigenvalue weighted by atomic mass is 16.1. The van der Waals surface area contributed by atoms with E-state index in [0.29, 0.717) is 13.0 Å². The number of aromatic nitrogens is 3. The number of benzene rings is 1. The van der Waals surface area contributed by atoms with Gasteiger partial charge in [0.05, 0.1) is 11.4 Å². The Labute approximate surface area is 148 Å². The maximum Gasteiger partial charge on any atom is 0.220 e. The van der Waals surface area contributed by atoms with E-state index in [2.05, 4.69) is 45.3 Å². The van der Waals surface area contributed by atoms with Crippen molar-refractivity contribution in [3.8, 4) is 5.69 Å². The molecule has 0 fully saturated rings. The molecule has 3 rings (SSSR count). The highest BCUT2D eigenvalue weighted by molar-refractivity contribution is 5.76. The Morgan fingerprint density at radius 2 is 1.84 bits per heavy atom. The lowest BCUT2D eigenvalue weighted by Gasteiger charge is -2.08. The van der Waals surface area contributed by atoms with E-state index in [1.165, 1.54) is 0 Å². The lowest BCUT2D eigenvalue weighted by Crippen LogP contribution is -2.27. The fourth-order valence-corrected chi connectivity index (χ4v) is 2.88. The summed E-state index contributed by atoms with van der Waals surface area (Å²) in [6, 6.07) is 14.3.